The first-order valence-corrected chi connectivity index (χ1v) is 9.53. The summed E-state index contributed by atoms with van der Waals surface area (Å²) in [6.45, 7) is 4.60. The standard InChI is InChI=1S/C20H28N2O3/c23-19(15-22-9-5-16-3-1-2-4-17(16)14-22)21-18-6-10-25-20(13-18)7-11-24-12-8-20/h1-4,18H,5-15H2,(H,21,23). The van der Waals surface area contributed by atoms with Crippen molar-refractivity contribution in [2.24, 2.45) is 0 Å². The summed E-state index contributed by atoms with van der Waals surface area (Å²) in [6, 6.07) is 8.78. The van der Waals surface area contributed by atoms with Crippen molar-refractivity contribution in [2.45, 2.75) is 50.3 Å². The van der Waals surface area contributed by atoms with Gasteiger partial charge in [0.15, 0.2) is 0 Å². The molecule has 1 aromatic rings. The van der Waals surface area contributed by atoms with Gasteiger partial charge in [0.2, 0.25) is 5.91 Å². The van der Waals surface area contributed by atoms with Gasteiger partial charge in [-0.3, -0.25) is 9.69 Å². The van der Waals surface area contributed by atoms with Crippen LogP contribution in [0.4, 0.5) is 0 Å². The number of rotatable bonds is 3. The van der Waals surface area contributed by atoms with Gasteiger partial charge >= 0.3 is 0 Å². The van der Waals surface area contributed by atoms with Crippen LogP contribution in [-0.2, 0) is 27.2 Å². The Morgan fingerprint density at radius 3 is 2.84 bits per heavy atom. The fourth-order valence-electron chi connectivity index (χ4n) is 4.41. The normalized spacial score (nSPS) is 26.2. The molecule has 1 aromatic carbocycles. The molecule has 1 spiro atoms. The number of ether oxygens (including phenoxy) is 2. The Labute approximate surface area is 149 Å². The average molecular weight is 344 g/mol. The summed E-state index contributed by atoms with van der Waals surface area (Å²) in [7, 11) is 0. The Morgan fingerprint density at radius 1 is 1.20 bits per heavy atom. The van der Waals surface area contributed by atoms with Crippen LogP contribution in [0.5, 0.6) is 0 Å². The van der Waals surface area contributed by atoms with E-state index in [1.165, 1.54) is 11.1 Å². The van der Waals surface area contributed by atoms with E-state index in [1.807, 2.05) is 0 Å². The maximum absolute atomic E-state index is 12.5. The van der Waals surface area contributed by atoms with E-state index in [9.17, 15) is 4.79 Å². The van der Waals surface area contributed by atoms with Crippen LogP contribution in [0.3, 0.4) is 0 Å². The molecule has 0 saturated carbocycles. The summed E-state index contributed by atoms with van der Waals surface area (Å²) in [5, 5.41) is 3.26. The van der Waals surface area contributed by atoms with Gasteiger partial charge in [-0.05, 0) is 43.2 Å². The van der Waals surface area contributed by atoms with Crippen LogP contribution in [0.2, 0.25) is 0 Å². The van der Waals surface area contributed by atoms with Gasteiger partial charge in [0.05, 0.1) is 12.1 Å². The number of carbonyl (C=O) groups is 1. The van der Waals surface area contributed by atoms with Gasteiger partial charge in [0, 0.05) is 39.0 Å². The second kappa shape index (κ2) is 7.44. The quantitative estimate of drug-likeness (QED) is 0.910. The summed E-state index contributed by atoms with van der Waals surface area (Å²) < 4.78 is 11.5. The first-order valence-electron chi connectivity index (χ1n) is 9.53. The molecule has 0 bridgehead atoms. The van der Waals surface area contributed by atoms with Gasteiger partial charge in [0.25, 0.3) is 0 Å². The van der Waals surface area contributed by atoms with Crippen molar-refractivity contribution in [1.29, 1.82) is 0 Å². The molecule has 1 N–H and O–H groups in total. The number of hydrogen-bond donors (Lipinski definition) is 1. The van der Waals surface area contributed by atoms with Crippen LogP contribution in [0.1, 0.15) is 36.8 Å². The maximum atomic E-state index is 12.5. The molecule has 3 aliphatic rings. The Hall–Kier alpha value is -1.43. The third-order valence-corrected chi connectivity index (χ3v) is 5.84. The van der Waals surface area contributed by atoms with Crippen LogP contribution in [0.15, 0.2) is 24.3 Å². The number of benzene rings is 1. The average Bonchev–Trinajstić information content (AvgIpc) is 2.62. The second-order valence-electron chi connectivity index (χ2n) is 7.63. The third kappa shape index (κ3) is 4.05. The lowest BCUT2D eigenvalue weighted by Gasteiger charge is -2.43. The molecule has 4 rings (SSSR count). The number of fused-ring (bicyclic) bond motifs is 1. The molecule has 1 amide bonds. The monoisotopic (exact) mass is 344 g/mol. The van der Waals surface area contributed by atoms with E-state index in [-0.39, 0.29) is 17.6 Å². The zero-order valence-corrected chi connectivity index (χ0v) is 14.8. The highest BCUT2D eigenvalue weighted by Crippen LogP contribution is 2.34. The largest absolute Gasteiger partial charge is 0.381 e. The zero-order valence-electron chi connectivity index (χ0n) is 14.8. The van der Waals surface area contributed by atoms with E-state index < -0.39 is 0 Å². The predicted molar refractivity (Wildman–Crippen MR) is 95.3 cm³/mol. The van der Waals surface area contributed by atoms with Crippen LogP contribution in [0.25, 0.3) is 0 Å². The number of nitrogens with zero attached hydrogens (tertiary/aromatic N) is 1. The van der Waals surface area contributed by atoms with Gasteiger partial charge in [-0.25, -0.2) is 0 Å². The van der Waals surface area contributed by atoms with E-state index in [4.69, 9.17) is 9.47 Å². The molecule has 0 aliphatic carbocycles. The lowest BCUT2D eigenvalue weighted by atomic mass is 9.84. The van der Waals surface area contributed by atoms with Gasteiger partial charge in [-0.1, -0.05) is 24.3 Å². The molecule has 1 atom stereocenters. The highest BCUT2D eigenvalue weighted by Gasteiger charge is 2.39. The smallest absolute Gasteiger partial charge is 0.234 e. The first-order chi connectivity index (χ1) is 12.2. The predicted octanol–water partition coefficient (Wildman–Crippen LogP) is 1.89. The zero-order chi connectivity index (χ0) is 17.1. The molecule has 3 aliphatic heterocycles. The molecular formula is C20H28N2O3. The minimum Gasteiger partial charge on any atom is -0.381 e. The van der Waals surface area contributed by atoms with Gasteiger partial charge in [-0.2, -0.15) is 0 Å². The molecule has 2 saturated heterocycles. The van der Waals surface area contributed by atoms with E-state index in [2.05, 4.69) is 34.5 Å². The molecule has 136 valence electrons. The number of carbonyl (C=O) groups excluding carboxylic acids is 1. The summed E-state index contributed by atoms with van der Waals surface area (Å²) >= 11 is 0. The van der Waals surface area contributed by atoms with E-state index in [1.54, 1.807) is 0 Å². The van der Waals surface area contributed by atoms with Crippen molar-refractivity contribution in [3.63, 3.8) is 0 Å². The second-order valence-corrected chi connectivity index (χ2v) is 7.63. The van der Waals surface area contributed by atoms with E-state index >= 15 is 0 Å². The van der Waals surface area contributed by atoms with Crippen LogP contribution in [0, 0.1) is 0 Å². The SMILES string of the molecule is O=C(CN1CCc2ccccc2C1)NC1CCOC2(CCOCC2)C1. The molecule has 5 heteroatoms. The first kappa shape index (κ1) is 17.0. The molecule has 0 radical (unpaired) electrons. The summed E-state index contributed by atoms with van der Waals surface area (Å²) in [6.07, 6.45) is 4.76. The number of nitrogens with one attached hydrogen (secondary N) is 1. The Balaban J connectivity index is 1.29. The molecule has 25 heavy (non-hydrogen) atoms. The Morgan fingerprint density at radius 2 is 2.00 bits per heavy atom. The van der Waals surface area contributed by atoms with Crippen molar-refractivity contribution in [2.75, 3.05) is 32.9 Å². The van der Waals surface area contributed by atoms with E-state index in [0.29, 0.717) is 6.54 Å². The molecule has 3 heterocycles. The molecule has 1 unspecified atom stereocenters. The van der Waals surface area contributed by atoms with E-state index in [0.717, 1.165) is 65.0 Å². The number of hydrogen-bond acceptors (Lipinski definition) is 4. The van der Waals surface area contributed by atoms with Gasteiger partial charge in [0.1, 0.15) is 0 Å². The lowest BCUT2D eigenvalue weighted by Crippen LogP contribution is -2.52. The molecule has 2 fully saturated rings. The maximum Gasteiger partial charge on any atom is 0.234 e. The van der Waals surface area contributed by atoms with Gasteiger partial charge in [-0.15, -0.1) is 0 Å². The highest BCUT2D eigenvalue weighted by molar-refractivity contribution is 5.78. The molecular weight excluding hydrogens is 316 g/mol. The van der Waals surface area contributed by atoms with Crippen molar-refractivity contribution in [1.82, 2.24) is 10.2 Å². The lowest BCUT2D eigenvalue weighted by molar-refractivity contribution is -0.144. The van der Waals surface area contributed by atoms with Crippen LogP contribution in [-0.4, -0.2) is 55.4 Å². The Bertz CT molecular complexity index is 607. The minimum atomic E-state index is -0.0709. The highest BCUT2D eigenvalue weighted by atomic mass is 16.5. The van der Waals surface area contributed by atoms with Crippen molar-refractivity contribution < 1.29 is 14.3 Å². The van der Waals surface area contributed by atoms with Crippen LogP contribution < -0.4 is 5.32 Å². The molecule has 5 nitrogen and oxygen atoms in total. The topological polar surface area (TPSA) is 50.8 Å². The van der Waals surface area contributed by atoms with Crippen molar-refractivity contribution in [3.05, 3.63) is 35.4 Å². The summed E-state index contributed by atoms with van der Waals surface area (Å²) in [5.74, 6) is 0.147. The van der Waals surface area contributed by atoms with Crippen LogP contribution >= 0.6 is 0 Å². The fraction of sp³-hybridized carbons (Fsp3) is 0.650. The summed E-state index contributed by atoms with van der Waals surface area (Å²) in [5.41, 5.74) is 2.71. The fourth-order valence-corrected chi connectivity index (χ4v) is 4.41. The van der Waals surface area contributed by atoms with Crippen molar-refractivity contribution >= 4 is 5.91 Å². The summed E-state index contributed by atoms with van der Waals surface area (Å²) in [4.78, 5) is 14.8. The number of amides is 1. The van der Waals surface area contributed by atoms with Gasteiger partial charge < -0.3 is 14.8 Å². The minimum absolute atomic E-state index is 0.0709. The Kier molecular flexibility index (Phi) is 5.06. The third-order valence-electron chi connectivity index (χ3n) is 5.84. The molecule has 0 aromatic heterocycles. The van der Waals surface area contributed by atoms with Crippen molar-refractivity contribution in [3.8, 4) is 0 Å².